The van der Waals surface area contributed by atoms with Crippen LogP contribution in [-0.2, 0) is 4.79 Å². The topological polar surface area (TPSA) is 52.6 Å². The molecular formula is C13H23BrN2O2. The standard InChI is InChI=1S/C13H23BrN2O2/c14-5-1-3-10-8-16(9-12(10)13(17)18)11-4-2-6-15-7-11/h10-12,15H,1-9H2,(H,17,18)/t10-,11?,12+/m0/s1. The molecule has 0 radical (unpaired) electrons. The molecule has 1 unspecified atom stereocenters. The number of piperidine rings is 1. The van der Waals surface area contributed by atoms with Gasteiger partial charge >= 0.3 is 5.97 Å². The van der Waals surface area contributed by atoms with Gasteiger partial charge in [-0.1, -0.05) is 15.9 Å². The van der Waals surface area contributed by atoms with Gasteiger partial charge in [-0.25, -0.2) is 0 Å². The monoisotopic (exact) mass is 318 g/mol. The number of rotatable bonds is 5. The van der Waals surface area contributed by atoms with Crippen molar-refractivity contribution in [1.29, 1.82) is 0 Å². The summed E-state index contributed by atoms with van der Waals surface area (Å²) in [4.78, 5) is 13.8. The van der Waals surface area contributed by atoms with E-state index < -0.39 is 5.97 Å². The average molecular weight is 319 g/mol. The molecule has 2 saturated heterocycles. The second kappa shape index (κ2) is 6.87. The molecule has 0 aromatic rings. The van der Waals surface area contributed by atoms with Gasteiger partial charge in [-0.2, -0.15) is 0 Å². The van der Waals surface area contributed by atoms with Gasteiger partial charge in [-0.3, -0.25) is 9.69 Å². The summed E-state index contributed by atoms with van der Waals surface area (Å²) in [5.41, 5.74) is 0. The molecule has 4 nitrogen and oxygen atoms in total. The minimum absolute atomic E-state index is 0.161. The Labute approximate surface area is 117 Å². The van der Waals surface area contributed by atoms with Crippen LogP contribution in [0.25, 0.3) is 0 Å². The highest BCUT2D eigenvalue weighted by Crippen LogP contribution is 2.30. The van der Waals surface area contributed by atoms with E-state index in [0.29, 0.717) is 12.0 Å². The van der Waals surface area contributed by atoms with Crippen LogP contribution in [-0.4, -0.2) is 53.5 Å². The van der Waals surface area contributed by atoms with E-state index in [1.807, 2.05) is 0 Å². The molecule has 0 amide bonds. The third-order valence-corrected chi connectivity index (χ3v) is 4.84. The number of aliphatic carboxylic acids is 1. The summed E-state index contributed by atoms with van der Waals surface area (Å²) in [5, 5.41) is 13.7. The lowest BCUT2D eigenvalue weighted by molar-refractivity contribution is -0.142. The molecule has 0 aromatic heterocycles. The molecule has 0 saturated carbocycles. The lowest BCUT2D eigenvalue weighted by atomic mass is 9.92. The van der Waals surface area contributed by atoms with Crippen molar-refractivity contribution in [3.63, 3.8) is 0 Å². The highest BCUT2D eigenvalue weighted by molar-refractivity contribution is 9.09. The summed E-state index contributed by atoms with van der Waals surface area (Å²) in [6.45, 7) is 3.85. The van der Waals surface area contributed by atoms with E-state index in [9.17, 15) is 9.90 Å². The van der Waals surface area contributed by atoms with E-state index in [2.05, 4.69) is 26.1 Å². The molecule has 0 aliphatic carbocycles. The number of carboxylic acid groups (broad SMARTS) is 1. The Hall–Kier alpha value is -0.130. The van der Waals surface area contributed by atoms with Crippen LogP contribution in [0.4, 0.5) is 0 Å². The zero-order valence-corrected chi connectivity index (χ0v) is 12.4. The molecule has 2 N–H and O–H groups in total. The number of nitrogens with zero attached hydrogens (tertiary/aromatic N) is 1. The lowest BCUT2D eigenvalue weighted by Gasteiger charge is -2.31. The van der Waals surface area contributed by atoms with E-state index in [-0.39, 0.29) is 5.92 Å². The number of alkyl halides is 1. The van der Waals surface area contributed by atoms with Crippen LogP contribution >= 0.6 is 15.9 Å². The van der Waals surface area contributed by atoms with Crippen molar-refractivity contribution in [2.45, 2.75) is 31.7 Å². The van der Waals surface area contributed by atoms with Crippen LogP contribution in [0.2, 0.25) is 0 Å². The molecule has 2 fully saturated rings. The van der Waals surface area contributed by atoms with E-state index in [4.69, 9.17) is 0 Å². The fourth-order valence-corrected chi connectivity index (χ4v) is 3.58. The molecule has 2 aliphatic heterocycles. The summed E-state index contributed by atoms with van der Waals surface area (Å²) in [7, 11) is 0. The van der Waals surface area contributed by atoms with E-state index in [1.54, 1.807) is 0 Å². The molecule has 2 aliphatic rings. The second-order valence-corrected chi connectivity index (χ2v) is 6.28. The SMILES string of the molecule is O=C(O)[C@@H]1CN(C2CCCNC2)C[C@@H]1CCCBr. The number of hydrogen-bond donors (Lipinski definition) is 2. The first-order valence-corrected chi connectivity index (χ1v) is 8.08. The number of nitrogens with one attached hydrogen (secondary N) is 1. The Balaban J connectivity index is 1.92. The predicted molar refractivity (Wildman–Crippen MR) is 75.1 cm³/mol. The Kier molecular flexibility index (Phi) is 5.45. The zero-order valence-electron chi connectivity index (χ0n) is 10.8. The van der Waals surface area contributed by atoms with Crippen molar-refractivity contribution in [2.24, 2.45) is 11.8 Å². The maximum Gasteiger partial charge on any atom is 0.308 e. The summed E-state index contributed by atoms with van der Waals surface area (Å²) < 4.78 is 0. The number of hydrogen-bond acceptors (Lipinski definition) is 3. The van der Waals surface area contributed by atoms with Gasteiger partial charge in [0.25, 0.3) is 0 Å². The third-order valence-electron chi connectivity index (χ3n) is 4.28. The third kappa shape index (κ3) is 3.45. The average Bonchev–Trinajstić information content (AvgIpc) is 2.81. The number of likely N-dealkylation sites (tertiary alicyclic amines) is 1. The second-order valence-electron chi connectivity index (χ2n) is 5.49. The first-order chi connectivity index (χ1) is 8.72. The Morgan fingerprint density at radius 1 is 1.44 bits per heavy atom. The van der Waals surface area contributed by atoms with Crippen molar-refractivity contribution < 1.29 is 9.90 Å². The number of carboxylic acids is 1. The molecule has 18 heavy (non-hydrogen) atoms. The summed E-state index contributed by atoms with van der Waals surface area (Å²) >= 11 is 3.43. The summed E-state index contributed by atoms with van der Waals surface area (Å²) in [6, 6.07) is 0.551. The van der Waals surface area contributed by atoms with Gasteiger partial charge in [0.15, 0.2) is 0 Å². The van der Waals surface area contributed by atoms with E-state index in [1.165, 1.54) is 12.8 Å². The summed E-state index contributed by atoms with van der Waals surface area (Å²) in [5.74, 6) is -0.436. The van der Waals surface area contributed by atoms with Crippen molar-refractivity contribution in [2.75, 3.05) is 31.5 Å². The van der Waals surface area contributed by atoms with Gasteiger partial charge in [0.05, 0.1) is 5.92 Å². The first-order valence-electron chi connectivity index (χ1n) is 6.96. The zero-order chi connectivity index (χ0) is 13.0. The molecule has 0 aromatic carbocycles. The molecule has 104 valence electrons. The maximum atomic E-state index is 11.3. The van der Waals surface area contributed by atoms with Crippen LogP contribution in [0.1, 0.15) is 25.7 Å². The summed E-state index contributed by atoms with van der Waals surface area (Å²) in [6.07, 6.45) is 4.53. The van der Waals surface area contributed by atoms with Crippen molar-refractivity contribution in [1.82, 2.24) is 10.2 Å². The van der Waals surface area contributed by atoms with Gasteiger partial charge in [-0.15, -0.1) is 0 Å². The quantitative estimate of drug-likeness (QED) is 0.755. The van der Waals surface area contributed by atoms with Crippen molar-refractivity contribution in [3.05, 3.63) is 0 Å². The predicted octanol–water partition coefficient (Wildman–Crippen LogP) is 1.55. The van der Waals surface area contributed by atoms with Crippen molar-refractivity contribution >= 4 is 21.9 Å². The van der Waals surface area contributed by atoms with Crippen LogP contribution in [0.3, 0.4) is 0 Å². The Bertz CT molecular complexity index is 282. The van der Waals surface area contributed by atoms with Crippen LogP contribution < -0.4 is 5.32 Å². The highest BCUT2D eigenvalue weighted by atomic mass is 79.9. The number of halogens is 1. The van der Waals surface area contributed by atoms with Crippen molar-refractivity contribution in [3.8, 4) is 0 Å². The Morgan fingerprint density at radius 2 is 2.28 bits per heavy atom. The fraction of sp³-hybridized carbons (Fsp3) is 0.923. The first kappa shape index (κ1) is 14.3. The van der Waals surface area contributed by atoms with Gasteiger partial charge < -0.3 is 10.4 Å². The van der Waals surface area contributed by atoms with Gasteiger partial charge in [-0.05, 0) is 38.1 Å². The molecule has 0 spiro atoms. The minimum Gasteiger partial charge on any atom is -0.481 e. The molecule has 2 rings (SSSR count). The fourth-order valence-electron chi connectivity index (χ4n) is 3.26. The smallest absolute Gasteiger partial charge is 0.308 e. The minimum atomic E-state index is -0.610. The van der Waals surface area contributed by atoms with Gasteiger partial charge in [0.1, 0.15) is 0 Å². The normalized spacial score (nSPS) is 33.7. The lowest BCUT2D eigenvalue weighted by Crippen LogP contribution is -2.45. The van der Waals surface area contributed by atoms with Gasteiger partial charge in [0.2, 0.25) is 0 Å². The largest absolute Gasteiger partial charge is 0.481 e. The van der Waals surface area contributed by atoms with Gasteiger partial charge in [0, 0.05) is 31.0 Å². The Morgan fingerprint density at radius 3 is 2.89 bits per heavy atom. The molecule has 2 heterocycles. The molecular weight excluding hydrogens is 296 g/mol. The molecule has 5 heteroatoms. The highest BCUT2D eigenvalue weighted by Gasteiger charge is 2.39. The van der Waals surface area contributed by atoms with Crippen LogP contribution in [0.15, 0.2) is 0 Å². The van der Waals surface area contributed by atoms with Crippen LogP contribution in [0.5, 0.6) is 0 Å². The maximum absolute atomic E-state index is 11.3. The molecule has 0 bridgehead atoms. The molecule has 3 atom stereocenters. The van der Waals surface area contributed by atoms with E-state index in [0.717, 1.165) is 44.4 Å². The van der Waals surface area contributed by atoms with Crippen LogP contribution in [0, 0.1) is 11.8 Å². The number of carbonyl (C=O) groups is 1. The van der Waals surface area contributed by atoms with E-state index >= 15 is 0 Å².